The molecule has 146 valence electrons. The molecule has 2 rings (SSSR count). The summed E-state index contributed by atoms with van der Waals surface area (Å²) in [5.41, 5.74) is 7.02. The smallest absolute Gasteiger partial charge is 0.336 e. The van der Waals surface area contributed by atoms with Crippen LogP contribution in [0.2, 0.25) is 0 Å². The summed E-state index contributed by atoms with van der Waals surface area (Å²) < 4.78 is 10.5. The van der Waals surface area contributed by atoms with E-state index in [2.05, 4.69) is 6.92 Å². The summed E-state index contributed by atoms with van der Waals surface area (Å²) in [6, 6.07) is 13.5. The van der Waals surface area contributed by atoms with Gasteiger partial charge in [0.1, 0.15) is 16.5 Å². The van der Waals surface area contributed by atoms with Crippen LogP contribution in [0.15, 0.2) is 54.6 Å². The molecule has 0 bridgehead atoms. The Hall–Kier alpha value is -2.99. The van der Waals surface area contributed by atoms with Crippen molar-refractivity contribution in [2.45, 2.75) is 32.6 Å². The maximum Gasteiger partial charge on any atom is 0.336 e. The molecule has 5 nitrogen and oxygen atoms in total. The van der Waals surface area contributed by atoms with E-state index in [4.69, 9.17) is 27.4 Å². The molecule has 0 saturated heterocycles. The minimum atomic E-state index is -0.505. The highest BCUT2D eigenvalue weighted by molar-refractivity contribution is 7.80. The van der Waals surface area contributed by atoms with Crippen LogP contribution in [-0.4, -0.2) is 16.9 Å². The molecule has 0 saturated carbocycles. The molecule has 0 spiro atoms. The van der Waals surface area contributed by atoms with Gasteiger partial charge in [0.2, 0.25) is 0 Å². The van der Waals surface area contributed by atoms with Gasteiger partial charge in [-0.1, -0.05) is 44.1 Å². The standard InChI is InChI=1S/C22H23NO4S/c1-2-3-4-5-20(24)26-18-11-6-16(7-12-18)8-15-21(25)27-19-13-9-17(10-14-19)22(23)28/h6-15H,2-5H2,1H3,(H2,23,28)/b15-8+. The summed E-state index contributed by atoms with van der Waals surface area (Å²) in [6.45, 7) is 2.08. The van der Waals surface area contributed by atoms with E-state index >= 15 is 0 Å². The number of rotatable bonds is 9. The van der Waals surface area contributed by atoms with Gasteiger partial charge in [0.15, 0.2) is 0 Å². The predicted octanol–water partition coefficient (Wildman–Crippen LogP) is 4.43. The van der Waals surface area contributed by atoms with Crippen molar-refractivity contribution in [1.29, 1.82) is 0 Å². The van der Waals surface area contributed by atoms with Gasteiger partial charge in [-0.3, -0.25) is 4.79 Å². The molecule has 0 atom stereocenters. The van der Waals surface area contributed by atoms with Gasteiger partial charge in [0.25, 0.3) is 0 Å². The number of carbonyl (C=O) groups is 2. The highest BCUT2D eigenvalue weighted by Crippen LogP contribution is 2.16. The fourth-order valence-electron chi connectivity index (χ4n) is 2.35. The Labute approximate surface area is 170 Å². The first-order chi connectivity index (χ1) is 13.5. The zero-order valence-electron chi connectivity index (χ0n) is 15.7. The van der Waals surface area contributed by atoms with E-state index in [1.807, 2.05) is 0 Å². The van der Waals surface area contributed by atoms with Crippen molar-refractivity contribution < 1.29 is 19.1 Å². The van der Waals surface area contributed by atoms with Crippen LogP contribution in [0.1, 0.15) is 43.7 Å². The van der Waals surface area contributed by atoms with E-state index in [1.54, 1.807) is 54.6 Å². The molecular formula is C22H23NO4S. The SMILES string of the molecule is CCCCCC(=O)Oc1ccc(/C=C/C(=O)Oc2ccc(C(N)=S)cc2)cc1. The minimum absolute atomic E-state index is 0.235. The second kappa shape index (κ2) is 11.0. The first kappa shape index (κ1) is 21.3. The van der Waals surface area contributed by atoms with Gasteiger partial charge < -0.3 is 15.2 Å². The molecule has 0 aliphatic rings. The largest absolute Gasteiger partial charge is 0.427 e. The Morgan fingerprint density at radius 2 is 1.57 bits per heavy atom. The molecule has 0 fully saturated rings. The molecule has 0 aliphatic heterocycles. The third-order valence-corrected chi connectivity index (χ3v) is 4.10. The summed E-state index contributed by atoms with van der Waals surface area (Å²) in [5.74, 6) is 0.148. The van der Waals surface area contributed by atoms with E-state index in [0.717, 1.165) is 24.8 Å². The molecular weight excluding hydrogens is 374 g/mol. The molecule has 0 aliphatic carbocycles. The highest BCUT2D eigenvalue weighted by atomic mass is 32.1. The monoisotopic (exact) mass is 397 g/mol. The van der Waals surface area contributed by atoms with Crippen LogP contribution in [0.3, 0.4) is 0 Å². The van der Waals surface area contributed by atoms with Gasteiger partial charge in [-0.25, -0.2) is 4.79 Å². The van der Waals surface area contributed by atoms with Crippen LogP contribution in [-0.2, 0) is 9.59 Å². The fourth-order valence-corrected chi connectivity index (χ4v) is 2.49. The second-order valence-corrected chi connectivity index (χ2v) is 6.58. The van der Waals surface area contributed by atoms with Gasteiger partial charge in [0.05, 0.1) is 0 Å². The third kappa shape index (κ3) is 7.32. The number of hydrogen-bond donors (Lipinski definition) is 1. The van der Waals surface area contributed by atoms with E-state index in [0.29, 0.717) is 23.5 Å². The molecule has 0 heterocycles. The summed E-state index contributed by atoms with van der Waals surface area (Å²) in [4.78, 5) is 23.9. The number of hydrogen-bond acceptors (Lipinski definition) is 5. The zero-order chi connectivity index (χ0) is 20.4. The molecule has 2 aromatic rings. The molecule has 2 N–H and O–H groups in total. The van der Waals surface area contributed by atoms with Gasteiger partial charge in [-0.2, -0.15) is 0 Å². The predicted molar refractivity (Wildman–Crippen MR) is 113 cm³/mol. The number of esters is 2. The Bertz CT molecular complexity index is 842. The maximum absolute atomic E-state index is 11.9. The Kier molecular flexibility index (Phi) is 8.37. The summed E-state index contributed by atoms with van der Waals surface area (Å²) in [5, 5.41) is 0. The van der Waals surface area contributed by atoms with Crippen molar-refractivity contribution >= 4 is 35.2 Å². The average Bonchev–Trinajstić information content (AvgIpc) is 2.68. The van der Waals surface area contributed by atoms with E-state index < -0.39 is 5.97 Å². The number of ether oxygens (including phenoxy) is 2. The number of nitrogens with two attached hydrogens (primary N) is 1. The Balaban J connectivity index is 1.85. The number of benzene rings is 2. The first-order valence-electron chi connectivity index (χ1n) is 9.08. The van der Waals surface area contributed by atoms with E-state index in [1.165, 1.54) is 6.08 Å². The van der Waals surface area contributed by atoms with Gasteiger partial charge >= 0.3 is 11.9 Å². The lowest BCUT2D eigenvalue weighted by atomic mass is 10.2. The van der Waals surface area contributed by atoms with Crippen LogP contribution in [0.25, 0.3) is 6.08 Å². The molecule has 2 aromatic carbocycles. The third-order valence-electron chi connectivity index (χ3n) is 3.87. The first-order valence-corrected chi connectivity index (χ1v) is 9.49. The summed E-state index contributed by atoms with van der Waals surface area (Å²) >= 11 is 4.88. The fraction of sp³-hybridized carbons (Fsp3) is 0.227. The topological polar surface area (TPSA) is 78.6 Å². The molecule has 28 heavy (non-hydrogen) atoms. The van der Waals surface area contributed by atoms with Crippen LogP contribution < -0.4 is 15.2 Å². The summed E-state index contributed by atoms with van der Waals surface area (Å²) in [6.07, 6.45) is 6.27. The molecule has 0 amide bonds. The zero-order valence-corrected chi connectivity index (χ0v) is 16.5. The van der Waals surface area contributed by atoms with Crippen molar-refractivity contribution in [2.24, 2.45) is 5.73 Å². The van der Waals surface area contributed by atoms with Gasteiger partial charge in [-0.05, 0) is 54.5 Å². The lowest BCUT2D eigenvalue weighted by Crippen LogP contribution is -2.09. The van der Waals surface area contributed by atoms with Crippen LogP contribution in [0.5, 0.6) is 11.5 Å². The molecule has 0 aromatic heterocycles. The average molecular weight is 397 g/mol. The Morgan fingerprint density at radius 3 is 2.18 bits per heavy atom. The quantitative estimate of drug-likeness (QED) is 0.222. The van der Waals surface area contributed by atoms with Gasteiger partial charge in [-0.15, -0.1) is 0 Å². The van der Waals surface area contributed by atoms with Crippen LogP contribution >= 0.6 is 12.2 Å². The van der Waals surface area contributed by atoms with Crippen molar-refractivity contribution in [1.82, 2.24) is 0 Å². The molecule has 0 unspecified atom stereocenters. The lowest BCUT2D eigenvalue weighted by molar-refractivity contribution is -0.134. The Morgan fingerprint density at radius 1 is 0.964 bits per heavy atom. The van der Waals surface area contributed by atoms with E-state index in [9.17, 15) is 9.59 Å². The maximum atomic E-state index is 11.9. The molecule has 6 heteroatoms. The van der Waals surface area contributed by atoms with Crippen molar-refractivity contribution in [3.05, 3.63) is 65.7 Å². The van der Waals surface area contributed by atoms with Crippen molar-refractivity contribution in [3.63, 3.8) is 0 Å². The number of carbonyl (C=O) groups excluding carboxylic acids is 2. The second-order valence-electron chi connectivity index (χ2n) is 6.14. The highest BCUT2D eigenvalue weighted by Gasteiger charge is 2.05. The lowest BCUT2D eigenvalue weighted by Gasteiger charge is -2.04. The number of thiocarbonyl (C=S) groups is 1. The minimum Gasteiger partial charge on any atom is -0.427 e. The number of unbranched alkanes of at least 4 members (excludes halogenated alkanes) is 2. The van der Waals surface area contributed by atoms with Crippen molar-refractivity contribution in [3.8, 4) is 11.5 Å². The van der Waals surface area contributed by atoms with Gasteiger partial charge in [0, 0.05) is 18.1 Å². The normalized spacial score (nSPS) is 10.6. The summed E-state index contributed by atoms with van der Waals surface area (Å²) in [7, 11) is 0. The van der Waals surface area contributed by atoms with E-state index in [-0.39, 0.29) is 11.0 Å². The van der Waals surface area contributed by atoms with Crippen molar-refractivity contribution in [2.75, 3.05) is 0 Å². The van der Waals surface area contributed by atoms with Crippen LogP contribution in [0, 0.1) is 0 Å². The van der Waals surface area contributed by atoms with Crippen LogP contribution in [0.4, 0.5) is 0 Å². The molecule has 0 radical (unpaired) electrons.